The highest BCUT2D eigenvalue weighted by Gasteiger charge is 2.22. The Bertz CT molecular complexity index is 898. The summed E-state index contributed by atoms with van der Waals surface area (Å²) in [5, 5.41) is 7.30. The van der Waals surface area contributed by atoms with Crippen LogP contribution in [0.15, 0.2) is 24.4 Å². The van der Waals surface area contributed by atoms with E-state index >= 15 is 0 Å². The number of ether oxygens (including phenoxy) is 2. The van der Waals surface area contributed by atoms with Gasteiger partial charge in [-0.15, -0.1) is 0 Å². The van der Waals surface area contributed by atoms with Crippen molar-refractivity contribution in [3.8, 4) is 5.75 Å². The normalized spacial score (nSPS) is 19.5. The van der Waals surface area contributed by atoms with Gasteiger partial charge >= 0.3 is 0 Å². The van der Waals surface area contributed by atoms with Crippen molar-refractivity contribution in [3.63, 3.8) is 0 Å². The fourth-order valence-corrected chi connectivity index (χ4v) is 4.75. The Balaban J connectivity index is 1.46. The van der Waals surface area contributed by atoms with Gasteiger partial charge in [0.15, 0.2) is 5.82 Å². The third-order valence-electron chi connectivity index (χ3n) is 6.74. The minimum absolute atomic E-state index is 0.252. The van der Waals surface area contributed by atoms with Crippen molar-refractivity contribution in [2.45, 2.75) is 44.6 Å². The molecule has 2 aromatic rings. The highest BCUT2D eigenvalue weighted by atomic mass is 35.5. The van der Waals surface area contributed by atoms with E-state index in [1.807, 2.05) is 0 Å². The molecule has 0 saturated carbocycles. The molecule has 0 radical (unpaired) electrons. The number of rotatable bonds is 7. The molecule has 2 fully saturated rings. The first-order valence-corrected chi connectivity index (χ1v) is 11.9. The van der Waals surface area contributed by atoms with Crippen molar-refractivity contribution < 1.29 is 9.47 Å². The summed E-state index contributed by atoms with van der Waals surface area (Å²) in [6.45, 7) is 6.07. The van der Waals surface area contributed by atoms with Crippen LogP contribution in [0.1, 0.15) is 44.1 Å². The summed E-state index contributed by atoms with van der Waals surface area (Å²) in [5.74, 6) is 3.04. The number of nitrogens with zero attached hydrogens (tertiary/aromatic N) is 3. The fourth-order valence-electron chi connectivity index (χ4n) is 4.61. The zero-order chi connectivity index (χ0) is 22.5. The summed E-state index contributed by atoms with van der Waals surface area (Å²) in [7, 11) is 3.88. The van der Waals surface area contributed by atoms with Crippen LogP contribution in [0.3, 0.4) is 0 Å². The lowest BCUT2D eigenvalue weighted by molar-refractivity contribution is 0.0622. The number of likely N-dealkylation sites (tertiary alicyclic amines) is 1. The Hall–Kier alpha value is -2.09. The van der Waals surface area contributed by atoms with Crippen molar-refractivity contribution in [3.05, 3.63) is 35.0 Å². The fraction of sp³-hybridized carbons (Fsp3) is 0.583. The lowest BCUT2D eigenvalue weighted by Gasteiger charge is -2.29. The predicted molar refractivity (Wildman–Crippen MR) is 129 cm³/mol. The van der Waals surface area contributed by atoms with Gasteiger partial charge in [-0.25, -0.2) is 4.98 Å². The van der Waals surface area contributed by atoms with Crippen molar-refractivity contribution in [2.24, 2.45) is 5.92 Å². The van der Waals surface area contributed by atoms with E-state index in [9.17, 15) is 0 Å². The first kappa shape index (κ1) is 23.1. The van der Waals surface area contributed by atoms with Crippen LogP contribution in [0.5, 0.6) is 5.75 Å². The Labute approximate surface area is 195 Å². The first-order chi connectivity index (χ1) is 15.5. The maximum Gasteiger partial charge on any atom is 0.229 e. The lowest BCUT2D eigenvalue weighted by Crippen LogP contribution is -2.31. The molecule has 174 valence electrons. The van der Waals surface area contributed by atoms with Crippen LogP contribution < -0.4 is 15.4 Å². The molecule has 1 atom stereocenters. The molecular formula is C24H34ClN5O2. The molecule has 1 aromatic carbocycles. The van der Waals surface area contributed by atoms with E-state index in [1.165, 1.54) is 18.4 Å². The second kappa shape index (κ2) is 10.7. The van der Waals surface area contributed by atoms with Gasteiger partial charge in [-0.1, -0.05) is 17.7 Å². The van der Waals surface area contributed by atoms with Crippen LogP contribution in [-0.2, 0) is 4.74 Å². The van der Waals surface area contributed by atoms with Gasteiger partial charge in [-0.05, 0) is 82.3 Å². The molecule has 0 spiro atoms. The minimum Gasteiger partial charge on any atom is -0.495 e. The van der Waals surface area contributed by atoms with Crippen LogP contribution in [0.2, 0.25) is 5.02 Å². The third kappa shape index (κ3) is 5.63. The summed E-state index contributed by atoms with van der Waals surface area (Å²) in [6, 6.07) is 6.63. The van der Waals surface area contributed by atoms with E-state index in [1.54, 1.807) is 13.3 Å². The van der Waals surface area contributed by atoms with Gasteiger partial charge in [0, 0.05) is 19.3 Å². The number of anilines is 3. The maximum atomic E-state index is 6.39. The van der Waals surface area contributed by atoms with E-state index in [0.29, 0.717) is 28.6 Å². The van der Waals surface area contributed by atoms with Crippen LogP contribution in [0, 0.1) is 5.92 Å². The highest BCUT2D eigenvalue weighted by Crippen LogP contribution is 2.35. The molecule has 8 heteroatoms. The molecule has 7 nitrogen and oxygen atoms in total. The standard InChI is InChI=1S/C24H34ClN5O2/c1-16(17-8-12-32-13-9-17)27-23-20(25)15-26-24(29-23)28-21-5-4-19(14-22(21)31-3)18-6-10-30(2)11-7-18/h4-5,14-18H,6-13H2,1-3H3,(H2,26,27,28,29)/t16-/m0/s1. The first-order valence-electron chi connectivity index (χ1n) is 11.5. The number of nitrogens with one attached hydrogen (secondary N) is 2. The van der Waals surface area contributed by atoms with E-state index in [2.05, 4.69) is 57.7 Å². The molecule has 4 rings (SSSR count). The Kier molecular flexibility index (Phi) is 7.71. The Morgan fingerprint density at radius 2 is 1.94 bits per heavy atom. The number of hydrogen-bond acceptors (Lipinski definition) is 7. The number of hydrogen-bond donors (Lipinski definition) is 2. The molecule has 0 aliphatic carbocycles. The topological polar surface area (TPSA) is 71.5 Å². The van der Waals surface area contributed by atoms with Gasteiger partial charge in [0.2, 0.25) is 5.95 Å². The number of halogens is 1. The number of aromatic nitrogens is 2. The quantitative estimate of drug-likeness (QED) is 0.608. The zero-order valence-electron chi connectivity index (χ0n) is 19.2. The molecule has 2 saturated heterocycles. The van der Waals surface area contributed by atoms with Crippen LogP contribution in [0.25, 0.3) is 0 Å². The molecule has 0 amide bonds. The summed E-state index contributed by atoms with van der Waals surface area (Å²) in [5.41, 5.74) is 2.17. The van der Waals surface area contributed by atoms with Crippen molar-refractivity contribution in [1.82, 2.24) is 14.9 Å². The number of benzene rings is 1. The molecule has 2 N–H and O–H groups in total. The molecule has 2 aliphatic heterocycles. The molecular weight excluding hydrogens is 426 g/mol. The lowest BCUT2D eigenvalue weighted by atomic mass is 9.89. The molecule has 2 aliphatic rings. The molecule has 32 heavy (non-hydrogen) atoms. The van der Waals surface area contributed by atoms with E-state index in [0.717, 1.165) is 50.6 Å². The van der Waals surface area contributed by atoms with Gasteiger partial charge < -0.3 is 25.0 Å². The SMILES string of the molecule is COc1cc(C2CCN(C)CC2)ccc1Nc1ncc(Cl)c(N[C@@H](C)C2CCOCC2)n1. The van der Waals surface area contributed by atoms with Gasteiger partial charge in [0.25, 0.3) is 0 Å². The summed E-state index contributed by atoms with van der Waals surface area (Å²) < 4.78 is 11.2. The summed E-state index contributed by atoms with van der Waals surface area (Å²) in [6.07, 6.45) is 6.07. The molecule has 0 unspecified atom stereocenters. The average Bonchev–Trinajstić information content (AvgIpc) is 2.82. The summed E-state index contributed by atoms with van der Waals surface area (Å²) in [4.78, 5) is 11.4. The van der Waals surface area contributed by atoms with E-state index < -0.39 is 0 Å². The second-order valence-corrected chi connectivity index (χ2v) is 9.34. The maximum absolute atomic E-state index is 6.39. The number of methoxy groups -OCH3 is 1. The van der Waals surface area contributed by atoms with Gasteiger partial charge in [0.1, 0.15) is 10.8 Å². The molecule has 0 bridgehead atoms. The highest BCUT2D eigenvalue weighted by molar-refractivity contribution is 6.32. The van der Waals surface area contributed by atoms with Gasteiger partial charge in [-0.2, -0.15) is 4.98 Å². The van der Waals surface area contributed by atoms with E-state index in [-0.39, 0.29) is 6.04 Å². The number of piperidine rings is 1. The largest absolute Gasteiger partial charge is 0.495 e. The smallest absolute Gasteiger partial charge is 0.229 e. The minimum atomic E-state index is 0.252. The van der Waals surface area contributed by atoms with Gasteiger partial charge in [0.05, 0.1) is 19.0 Å². The van der Waals surface area contributed by atoms with E-state index in [4.69, 9.17) is 21.1 Å². The third-order valence-corrected chi connectivity index (χ3v) is 7.02. The Morgan fingerprint density at radius 3 is 2.66 bits per heavy atom. The van der Waals surface area contributed by atoms with Crippen molar-refractivity contribution >= 4 is 29.1 Å². The van der Waals surface area contributed by atoms with Crippen molar-refractivity contribution in [1.29, 1.82) is 0 Å². The van der Waals surface area contributed by atoms with Crippen LogP contribution >= 0.6 is 11.6 Å². The zero-order valence-corrected chi connectivity index (χ0v) is 20.0. The predicted octanol–water partition coefficient (Wildman–Crippen LogP) is 4.92. The van der Waals surface area contributed by atoms with Gasteiger partial charge in [-0.3, -0.25) is 0 Å². The molecule has 3 heterocycles. The van der Waals surface area contributed by atoms with Crippen LogP contribution in [-0.4, -0.2) is 61.4 Å². The summed E-state index contributed by atoms with van der Waals surface area (Å²) >= 11 is 6.39. The molecule has 1 aromatic heterocycles. The second-order valence-electron chi connectivity index (χ2n) is 8.94. The Morgan fingerprint density at radius 1 is 1.19 bits per heavy atom. The monoisotopic (exact) mass is 459 g/mol. The average molecular weight is 460 g/mol. The van der Waals surface area contributed by atoms with Crippen LogP contribution in [0.4, 0.5) is 17.5 Å². The van der Waals surface area contributed by atoms with Crippen molar-refractivity contribution in [2.75, 3.05) is 51.1 Å².